The van der Waals surface area contributed by atoms with Gasteiger partial charge in [0.05, 0.1) is 0 Å². The number of hydrogen-bond acceptors (Lipinski definition) is 3. The molecule has 0 aromatic rings. The molecule has 0 aromatic carbocycles. The van der Waals surface area contributed by atoms with Gasteiger partial charge in [0.25, 0.3) is 0 Å². The zero-order valence-corrected chi connectivity index (χ0v) is 13.1. The first-order valence-electron chi connectivity index (χ1n) is 3.76. The van der Waals surface area contributed by atoms with E-state index in [0.29, 0.717) is 29.9 Å². The number of allylic oxidation sites excluding steroid dienone is 2. The summed E-state index contributed by atoms with van der Waals surface area (Å²) in [5.74, 6) is 0. The first-order valence-corrected chi connectivity index (χ1v) is 9.56. The minimum absolute atomic E-state index is 0.626. The van der Waals surface area contributed by atoms with Gasteiger partial charge in [0.15, 0.2) is 0 Å². The Morgan fingerprint density at radius 3 is 2.23 bits per heavy atom. The summed E-state index contributed by atoms with van der Waals surface area (Å²) in [6, 6.07) is 0. The second-order valence-electron chi connectivity index (χ2n) is 2.63. The normalized spacial score (nSPS) is 23.7. The van der Waals surface area contributed by atoms with Gasteiger partial charge in [-0.15, -0.1) is 0 Å². The Hall–Kier alpha value is 1.31. The van der Waals surface area contributed by atoms with Crippen molar-refractivity contribution in [2.45, 2.75) is 13.8 Å². The second-order valence-corrected chi connectivity index (χ2v) is 12.1. The summed E-state index contributed by atoms with van der Waals surface area (Å²) < 4.78 is 6.12. The third-order valence-electron chi connectivity index (χ3n) is 1.75. The standard InChI is InChI=1S/C8H8S3Se2/c1-4-5(2)13-8(12-4)6-7(9)11-3-10-6/h3H2,1-2H3. The summed E-state index contributed by atoms with van der Waals surface area (Å²) in [5, 5.41) is 1.14. The Bertz CT molecular complexity index is 314. The van der Waals surface area contributed by atoms with Gasteiger partial charge in [-0.3, -0.25) is 0 Å². The predicted molar refractivity (Wildman–Crippen MR) is 69.6 cm³/mol. The van der Waals surface area contributed by atoms with Gasteiger partial charge in [-0.25, -0.2) is 0 Å². The molecule has 0 saturated carbocycles. The van der Waals surface area contributed by atoms with Crippen LogP contribution in [0.3, 0.4) is 0 Å². The van der Waals surface area contributed by atoms with Gasteiger partial charge in [-0.1, -0.05) is 0 Å². The maximum absolute atomic E-state index is 5.34. The number of rotatable bonds is 0. The SMILES string of the molecule is CC1=C(C)[Se]C(=C2SCSC2=S)[Se]1. The van der Waals surface area contributed by atoms with E-state index in [2.05, 4.69) is 13.8 Å². The van der Waals surface area contributed by atoms with Gasteiger partial charge >= 0.3 is 106 Å². The fraction of sp³-hybridized carbons (Fsp3) is 0.375. The molecule has 0 aromatic heterocycles. The Morgan fingerprint density at radius 2 is 1.77 bits per heavy atom. The van der Waals surface area contributed by atoms with Crippen LogP contribution >= 0.6 is 35.7 Å². The van der Waals surface area contributed by atoms with Gasteiger partial charge in [0.2, 0.25) is 0 Å². The van der Waals surface area contributed by atoms with Crippen LogP contribution in [0.4, 0.5) is 0 Å². The molecule has 13 heavy (non-hydrogen) atoms. The molecule has 0 amide bonds. The quantitative estimate of drug-likeness (QED) is 0.371. The van der Waals surface area contributed by atoms with Crippen LogP contribution in [0.2, 0.25) is 0 Å². The summed E-state index contributed by atoms with van der Waals surface area (Å²) in [4.78, 5) is 1.47. The molecule has 0 aliphatic carbocycles. The fourth-order valence-corrected chi connectivity index (χ4v) is 12.1. The molecule has 2 rings (SSSR count). The molecular weight excluding hydrogens is 350 g/mol. The molecule has 0 unspecified atom stereocenters. The molecule has 2 heterocycles. The van der Waals surface area contributed by atoms with Gasteiger partial charge in [-0.2, -0.15) is 0 Å². The van der Waals surface area contributed by atoms with E-state index < -0.39 is 0 Å². The fourth-order valence-electron chi connectivity index (χ4n) is 0.944. The van der Waals surface area contributed by atoms with Crippen molar-refractivity contribution in [1.82, 2.24) is 0 Å². The summed E-state index contributed by atoms with van der Waals surface area (Å²) >= 11 is 10.4. The van der Waals surface area contributed by atoms with Crippen molar-refractivity contribution in [1.29, 1.82) is 0 Å². The van der Waals surface area contributed by atoms with E-state index in [1.807, 2.05) is 23.5 Å². The summed E-state index contributed by atoms with van der Waals surface area (Å²) in [6.07, 6.45) is 0. The van der Waals surface area contributed by atoms with Crippen molar-refractivity contribution in [3.63, 3.8) is 0 Å². The Balaban J connectivity index is 2.25. The van der Waals surface area contributed by atoms with Crippen molar-refractivity contribution >= 4 is 69.9 Å². The van der Waals surface area contributed by atoms with E-state index in [4.69, 9.17) is 12.2 Å². The summed E-state index contributed by atoms with van der Waals surface area (Å²) in [5.41, 5.74) is 0. The van der Waals surface area contributed by atoms with Crippen LogP contribution in [0.25, 0.3) is 0 Å². The molecule has 1 fully saturated rings. The van der Waals surface area contributed by atoms with E-state index in [1.54, 1.807) is 12.3 Å². The minimum atomic E-state index is 0.626. The van der Waals surface area contributed by atoms with Crippen LogP contribution in [0.15, 0.2) is 17.2 Å². The Labute approximate surface area is 105 Å². The van der Waals surface area contributed by atoms with Crippen molar-refractivity contribution in [3.8, 4) is 0 Å². The molecule has 0 nitrogen and oxygen atoms in total. The summed E-state index contributed by atoms with van der Waals surface area (Å²) in [6.45, 7) is 4.56. The molecule has 0 atom stereocenters. The molecule has 0 bridgehead atoms. The first kappa shape index (κ1) is 10.8. The molecule has 70 valence electrons. The van der Waals surface area contributed by atoms with E-state index in [9.17, 15) is 0 Å². The van der Waals surface area contributed by atoms with Crippen LogP contribution in [-0.4, -0.2) is 39.2 Å². The van der Waals surface area contributed by atoms with E-state index in [-0.39, 0.29) is 0 Å². The van der Waals surface area contributed by atoms with Crippen LogP contribution in [0.5, 0.6) is 0 Å². The third-order valence-corrected chi connectivity index (χ3v) is 11.9. The van der Waals surface area contributed by atoms with Gasteiger partial charge in [0, 0.05) is 0 Å². The van der Waals surface area contributed by atoms with Gasteiger partial charge in [-0.05, 0) is 0 Å². The number of thiocarbonyl (C=S) groups is 1. The first-order chi connectivity index (χ1) is 6.18. The monoisotopic (exact) mass is 360 g/mol. The van der Waals surface area contributed by atoms with E-state index >= 15 is 0 Å². The molecule has 2 aliphatic rings. The van der Waals surface area contributed by atoms with E-state index in [1.165, 1.54) is 4.91 Å². The molecular formula is C8H8S3Se2. The average molecular weight is 358 g/mol. The topological polar surface area (TPSA) is 0 Å². The number of hydrogen-bond donors (Lipinski definition) is 0. The van der Waals surface area contributed by atoms with Crippen LogP contribution in [0.1, 0.15) is 13.8 Å². The molecule has 2 aliphatic heterocycles. The van der Waals surface area contributed by atoms with Crippen LogP contribution < -0.4 is 0 Å². The molecule has 1 saturated heterocycles. The summed E-state index contributed by atoms with van der Waals surface area (Å²) in [7, 11) is 0. The third kappa shape index (κ3) is 2.28. The Kier molecular flexibility index (Phi) is 3.69. The van der Waals surface area contributed by atoms with Crippen molar-refractivity contribution < 1.29 is 0 Å². The van der Waals surface area contributed by atoms with Crippen molar-refractivity contribution in [2.75, 3.05) is 5.08 Å². The van der Waals surface area contributed by atoms with Crippen molar-refractivity contribution in [3.05, 3.63) is 17.2 Å². The maximum atomic E-state index is 5.34. The van der Waals surface area contributed by atoms with E-state index in [0.717, 1.165) is 9.28 Å². The zero-order valence-electron chi connectivity index (χ0n) is 7.25. The van der Waals surface area contributed by atoms with Crippen LogP contribution in [-0.2, 0) is 0 Å². The van der Waals surface area contributed by atoms with Crippen LogP contribution in [0, 0.1) is 0 Å². The molecule has 0 spiro atoms. The average Bonchev–Trinajstić information content (AvgIpc) is 2.60. The van der Waals surface area contributed by atoms with Crippen molar-refractivity contribution in [2.24, 2.45) is 0 Å². The van der Waals surface area contributed by atoms with Gasteiger partial charge < -0.3 is 0 Å². The van der Waals surface area contributed by atoms with Gasteiger partial charge in [0.1, 0.15) is 0 Å². The predicted octanol–water partition coefficient (Wildman–Crippen LogP) is 2.59. The molecule has 0 N–H and O–H groups in total. The molecule has 0 radical (unpaired) electrons. The molecule has 5 heteroatoms. The second kappa shape index (κ2) is 4.44. The Morgan fingerprint density at radius 1 is 1.15 bits per heavy atom. The number of thioether (sulfide) groups is 2. The zero-order chi connectivity index (χ0) is 9.42.